The highest BCUT2D eigenvalue weighted by Crippen LogP contribution is 2.68. The summed E-state index contributed by atoms with van der Waals surface area (Å²) in [5.41, 5.74) is -1.04. The summed E-state index contributed by atoms with van der Waals surface area (Å²) in [6.07, 6.45) is 9.84. The van der Waals surface area contributed by atoms with Gasteiger partial charge in [-0.25, -0.2) is 4.98 Å². The van der Waals surface area contributed by atoms with E-state index in [1.165, 1.54) is 0 Å². The van der Waals surface area contributed by atoms with Gasteiger partial charge >= 0.3 is 0 Å². The quantitative estimate of drug-likeness (QED) is 0.811. The number of amides is 1. The minimum absolute atomic E-state index is 0.0567. The highest BCUT2D eigenvalue weighted by Gasteiger charge is 2.65. The van der Waals surface area contributed by atoms with Gasteiger partial charge in [0.15, 0.2) is 0 Å². The van der Waals surface area contributed by atoms with Crippen LogP contribution in [0.15, 0.2) is 12.4 Å². The molecule has 0 aromatic carbocycles. The van der Waals surface area contributed by atoms with Crippen LogP contribution in [-0.2, 0) is 18.4 Å². The van der Waals surface area contributed by atoms with Gasteiger partial charge in [0.05, 0.1) is 24.2 Å². The molecule has 1 aromatic heterocycles. The Bertz CT molecular complexity index is 704. The zero-order valence-electron chi connectivity index (χ0n) is 15.9. The molecule has 4 saturated carbocycles. The Kier molecular flexibility index (Phi) is 4.19. The van der Waals surface area contributed by atoms with Crippen molar-refractivity contribution in [1.82, 2.24) is 14.5 Å². The van der Waals surface area contributed by atoms with E-state index >= 15 is 0 Å². The van der Waals surface area contributed by atoms with Crippen molar-refractivity contribution in [3.63, 3.8) is 0 Å². The van der Waals surface area contributed by atoms with Crippen LogP contribution in [0.3, 0.4) is 0 Å². The predicted octanol–water partition coefficient (Wildman–Crippen LogP) is 1.85. The third-order valence-electron chi connectivity index (χ3n) is 7.27. The van der Waals surface area contributed by atoms with E-state index in [1.54, 1.807) is 11.1 Å². The summed E-state index contributed by atoms with van der Waals surface area (Å²) in [6.45, 7) is 2.87. The Balaban J connectivity index is 1.64. The van der Waals surface area contributed by atoms with Crippen molar-refractivity contribution < 1.29 is 15.0 Å². The van der Waals surface area contributed by atoms with E-state index in [-0.39, 0.29) is 17.9 Å². The molecule has 4 aliphatic carbocycles. The number of carbonyl (C=O) groups excluding carboxylic acids is 1. The maximum Gasteiger partial charge on any atom is 0.229 e. The lowest BCUT2D eigenvalue weighted by molar-refractivity contribution is -0.210. The smallest absolute Gasteiger partial charge is 0.229 e. The number of hydrogen-bond donors (Lipinski definition) is 2. The number of imidazole rings is 1. The van der Waals surface area contributed by atoms with Crippen LogP contribution < -0.4 is 0 Å². The van der Waals surface area contributed by atoms with E-state index in [9.17, 15) is 15.0 Å². The number of aryl methyl sites for hydroxylation is 1. The van der Waals surface area contributed by atoms with Crippen LogP contribution in [0.4, 0.5) is 0 Å². The number of rotatable bonds is 6. The fraction of sp³-hybridized carbons (Fsp3) is 0.800. The summed E-state index contributed by atoms with van der Waals surface area (Å²) in [5, 5.41) is 20.7. The molecule has 4 fully saturated rings. The average Bonchev–Trinajstić information content (AvgIpc) is 2.96. The zero-order valence-corrected chi connectivity index (χ0v) is 15.9. The minimum atomic E-state index is -0.681. The van der Waals surface area contributed by atoms with Crippen molar-refractivity contribution in [2.24, 2.45) is 23.8 Å². The normalized spacial score (nSPS) is 37.9. The Morgan fingerprint density at radius 1 is 1.35 bits per heavy atom. The van der Waals surface area contributed by atoms with E-state index in [2.05, 4.69) is 11.9 Å². The molecule has 6 nitrogen and oxygen atoms in total. The second kappa shape index (κ2) is 6.06. The van der Waals surface area contributed by atoms with Gasteiger partial charge in [-0.3, -0.25) is 4.79 Å². The standard InChI is InChI=1S/C20H31N3O3/c1-3-18-8-15-9-19(12-18,14-20(26,10-15)13-18)17(25)23(6-7-24)11-16-21-4-5-22(16)2/h4-5,15,24,26H,3,6-14H2,1-2H3. The average molecular weight is 361 g/mol. The summed E-state index contributed by atoms with van der Waals surface area (Å²) in [4.78, 5) is 19.8. The molecule has 4 aliphatic rings. The predicted molar refractivity (Wildman–Crippen MR) is 97.0 cm³/mol. The molecular formula is C20H31N3O3. The van der Waals surface area contributed by atoms with Crippen molar-refractivity contribution in [3.05, 3.63) is 18.2 Å². The lowest BCUT2D eigenvalue weighted by Gasteiger charge is -2.64. The van der Waals surface area contributed by atoms with Gasteiger partial charge in [0.1, 0.15) is 5.82 Å². The number of hydrogen-bond acceptors (Lipinski definition) is 4. The highest BCUT2D eigenvalue weighted by atomic mass is 16.3. The van der Waals surface area contributed by atoms with Crippen LogP contribution in [0.1, 0.15) is 57.7 Å². The molecule has 1 amide bonds. The molecule has 6 heteroatoms. The first-order chi connectivity index (χ1) is 12.3. The summed E-state index contributed by atoms with van der Waals surface area (Å²) >= 11 is 0. The molecule has 0 aliphatic heterocycles. The number of nitrogens with zero attached hydrogens (tertiary/aromatic N) is 3. The van der Waals surface area contributed by atoms with Crippen molar-refractivity contribution in [1.29, 1.82) is 0 Å². The molecule has 1 aromatic rings. The van der Waals surface area contributed by atoms with Gasteiger partial charge in [0.2, 0.25) is 5.91 Å². The molecule has 2 N–H and O–H groups in total. The lowest BCUT2D eigenvalue weighted by atomic mass is 9.42. The summed E-state index contributed by atoms with van der Waals surface area (Å²) in [7, 11) is 1.92. The molecule has 4 bridgehead atoms. The molecule has 144 valence electrons. The van der Waals surface area contributed by atoms with Crippen molar-refractivity contribution in [3.8, 4) is 0 Å². The zero-order chi connectivity index (χ0) is 18.6. The molecule has 1 heterocycles. The van der Waals surface area contributed by atoms with Crippen LogP contribution in [-0.4, -0.2) is 49.3 Å². The summed E-state index contributed by atoms with van der Waals surface area (Å²) < 4.78 is 1.92. The maximum absolute atomic E-state index is 13.7. The van der Waals surface area contributed by atoms with Gasteiger partial charge in [-0.05, 0) is 49.9 Å². The van der Waals surface area contributed by atoms with Crippen molar-refractivity contribution >= 4 is 5.91 Å². The van der Waals surface area contributed by atoms with Crippen molar-refractivity contribution in [2.75, 3.05) is 13.2 Å². The van der Waals surface area contributed by atoms with Gasteiger partial charge in [0.25, 0.3) is 0 Å². The van der Waals surface area contributed by atoms with Gasteiger partial charge in [-0.2, -0.15) is 0 Å². The monoisotopic (exact) mass is 361 g/mol. The highest BCUT2D eigenvalue weighted by molar-refractivity contribution is 5.83. The third kappa shape index (κ3) is 2.78. The molecular weight excluding hydrogens is 330 g/mol. The Morgan fingerprint density at radius 3 is 2.77 bits per heavy atom. The number of aromatic nitrogens is 2. The van der Waals surface area contributed by atoms with Crippen LogP contribution in [0, 0.1) is 16.7 Å². The number of aliphatic hydroxyl groups excluding tert-OH is 1. The number of carbonyl (C=O) groups is 1. The number of aliphatic hydroxyl groups is 2. The van der Waals surface area contributed by atoms with E-state index in [0.29, 0.717) is 25.4 Å². The van der Waals surface area contributed by atoms with Crippen LogP contribution >= 0.6 is 0 Å². The van der Waals surface area contributed by atoms with Gasteiger partial charge < -0.3 is 19.7 Å². The topological polar surface area (TPSA) is 78.6 Å². The molecule has 0 spiro atoms. The third-order valence-corrected chi connectivity index (χ3v) is 7.27. The Morgan fingerprint density at radius 2 is 2.15 bits per heavy atom. The fourth-order valence-corrected chi connectivity index (χ4v) is 6.65. The van der Waals surface area contributed by atoms with Gasteiger partial charge in [0, 0.05) is 26.0 Å². The molecule has 4 atom stereocenters. The van der Waals surface area contributed by atoms with E-state index in [0.717, 1.165) is 44.3 Å². The molecule has 5 rings (SSSR count). The first kappa shape index (κ1) is 18.0. The molecule has 26 heavy (non-hydrogen) atoms. The lowest BCUT2D eigenvalue weighted by Crippen LogP contribution is -2.64. The van der Waals surface area contributed by atoms with E-state index in [1.807, 2.05) is 17.8 Å². The maximum atomic E-state index is 13.7. The summed E-state index contributed by atoms with van der Waals surface area (Å²) in [6, 6.07) is 0. The molecule has 4 unspecified atom stereocenters. The van der Waals surface area contributed by atoms with Gasteiger partial charge in [-0.15, -0.1) is 0 Å². The van der Waals surface area contributed by atoms with Crippen LogP contribution in [0.25, 0.3) is 0 Å². The first-order valence-electron chi connectivity index (χ1n) is 9.92. The van der Waals surface area contributed by atoms with Crippen LogP contribution in [0.5, 0.6) is 0 Å². The van der Waals surface area contributed by atoms with E-state index < -0.39 is 11.0 Å². The largest absolute Gasteiger partial charge is 0.395 e. The minimum Gasteiger partial charge on any atom is -0.395 e. The van der Waals surface area contributed by atoms with Crippen molar-refractivity contribution in [2.45, 2.75) is 64.0 Å². The SMILES string of the molecule is CCC12CC3CC(O)(C1)CC(C(=O)N(CCO)Cc1nccn1C)(C3)C2. The Labute approximate surface area is 155 Å². The molecule has 0 saturated heterocycles. The van der Waals surface area contributed by atoms with E-state index in [4.69, 9.17) is 0 Å². The first-order valence-corrected chi connectivity index (χ1v) is 9.92. The second-order valence-electron chi connectivity index (χ2n) is 9.27. The van der Waals surface area contributed by atoms with Gasteiger partial charge in [-0.1, -0.05) is 13.3 Å². The fourth-order valence-electron chi connectivity index (χ4n) is 6.65. The Hall–Kier alpha value is -1.40. The van der Waals surface area contributed by atoms with Crippen LogP contribution in [0.2, 0.25) is 0 Å². The molecule has 0 radical (unpaired) electrons. The second-order valence-corrected chi connectivity index (χ2v) is 9.27. The summed E-state index contributed by atoms with van der Waals surface area (Å²) in [5.74, 6) is 1.37.